The summed E-state index contributed by atoms with van der Waals surface area (Å²) in [7, 11) is 0. The van der Waals surface area contributed by atoms with Crippen LogP contribution in [0.1, 0.15) is 25.3 Å². The summed E-state index contributed by atoms with van der Waals surface area (Å²) >= 11 is 0. The van der Waals surface area contributed by atoms with Crippen LogP contribution < -0.4 is 5.32 Å². The maximum Gasteiger partial charge on any atom is 0.115 e. The van der Waals surface area contributed by atoms with Crippen LogP contribution in [0.5, 0.6) is 5.75 Å². The number of piperidine rings is 1. The van der Waals surface area contributed by atoms with Crippen molar-refractivity contribution in [2.45, 2.75) is 26.3 Å². The van der Waals surface area contributed by atoms with Crippen LogP contribution in [0.15, 0.2) is 24.3 Å². The van der Waals surface area contributed by atoms with Crippen molar-refractivity contribution in [3.05, 3.63) is 29.8 Å². The van der Waals surface area contributed by atoms with Gasteiger partial charge in [-0.25, -0.2) is 0 Å². The quantitative estimate of drug-likeness (QED) is 0.873. The Morgan fingerprint density at radius 2 is 2.05 bits per heavy atom. The number of phenolic OH excluding ortho intramolecular Hbond substituents is 1. The molecular weight excluding hydrogens is 260 g/mol. The molecule has 0 saturated carbocycles. The molecule has 1 saturated heterocycles. The zero-order chi connectivity index (χ0) is 12.8. The third-order valence-electron chi connectivity index (χ3n) is 3.71. The Hall–Kier alpha value is -0.770. The average Bonchev–Trinajstić information content (AvgIpc) is 2.38. The van der Waals surface area contributed by atoms with Gasteiger partial charge in [0, 0.05) is 6.54 Å². The number of phenols is 1. The fourth-order valence-electron chi connectivity index (χ4n) is 2.61. The molecule has 1 aromatic carbocycles. The first kappa shape index (κ1) is 16.3. The summed E-state index contributed by atoms with van der Waals surface area (Å²) in [4.78, 5) is 2.48. The summed E-state index contributed by atoms with van der Waals surface area (Å²) in [6.07, 6.45) is 2.57. The zero-order valence-electron chi connectivity index (χ0n) is 11.6. The summed E-state index contributed by atoms with van der Waals surface area (Å²) in [5, 5.41) is 12.9. The number of aromatic hydroxyl groups is 1. The average molecular weight is 285 g/mol. The van der Waals surface area contributed by atoms with Gasteiger partial charge < -0.3 is 10.4 Å². The van der Waals surface area contributed by atoms with Gasteiger partial charge in [0.25, 0.3) is 0 Å². The van der Waals surface area contributed by atoms with Crippen LogP contribution in [0.25, 0.3) is 0 Å². The predicted molar refractivity (Wildman–Crippen MR) is 81.9 cm³/mol. The molecule has 0 radical (unpaired) electrons. The van der Waals surface area contributed by atoms with Crippen molar-refractivity contribution in [2.24, 2.45) is 5.92 Å². The number of likely N-dealkylation sites (tertiary alicyclic amines) is 1. The van der Waals surface area contributed by atoms with Crippen LogP contribution in [0, 0.1) is 5.92 Å². The third kappa shape index (κ3) is 5.39. The maximum absolute atomic E-state index is 9.45. The molecule has 1 fully saturated rings. The summed E-state index contributed by atoms with van der Waals surface area (Å²) in [5.41, 5.74) is 1.21. The number of nitrogens with zero attached hydrogens (tertiary/aromatic N) is 1. The standard InChI is InChI=1S/C15H24N2O.ClH/c1-2-16-11-13-6-8-17(9-7-13)12-14-4-3-5-15(18)10-14;/h3-5,10,13,16,18H,2,6-9,11-12H2,1H3;1H. The van der Waals surface area contributed by atoms with Gasteiger partial charge in [0.05, 0.1) is 0 Å². The number of hydrogen-bond acceptors (Lipinski definition) is 3. The molecule has 1 aliphatic rings. The van der Waals surface area contributed by atoms with E-state index in [1.807, 2.05) is 12.1 Å². The van der Waals surface area contributed by atoms with E-state index in [-0.39, 0.29) is 12.4 Å². The van der Waals surface area contributed by atoms with Crippen molar-refractivity contribution >= 4 is 12.4 Å². The Balaban J connectivity index is 0.00000180. The maximum atomic E-state index is 9.45. The lowest BCUT2D eigenvalue weighted by Gasteiger charge is -2.32. The van der Waals surface area contributed by atoms with Gasteiger partial charge in [0.1, 0.15) is 5.75 Å². The molecule has 2 rings (SSSR count). The first-order valence-electron chi connectivity index (χ1n) is 6.99. The molecule has 0 amide bonds. The normalized spacial score (nSPS) is 17.1. The largest absolute Gasteiger partial charge is 0.508 e. The van der Waals surface area contributed by atoms with Crippen molar-refractivity contribution in [3.8, 4) is 5.75 Å². The van der Waals surface area contributed by atoms with Crippen molar-refractivity contribution in [1.82, 2.24) is 10.2 Å². The van der Waals surface area contributed by atoms with Gasteiger partial charge in [-0.3, -0.25) is 4.90 Å². The van der Waals surface area contributed by atoms with E-state index in [1.165, 1.54) is 31.5 Å². The van der Waals surface area contributed by atoms with Crippen LogP contribution in [0.4, 0.5) is 0 Å². The molecule has 0 unspecified atom stereocenters. The first-order valence-corrected chi connectivity index (χ1v) is 6.99. The highest BCUT2D eigenvalue weighted by molar-refractivity contribution is 5.85. The molecule has 1 aliphatic heterocycles. The SMILES string of the molecule is CCNCC1CCN(Cc2cccc(O)c2)CC1.Cl. The zero-order valence-corrected chi connectivity index (χ0v) is 12.5. The van der Waals surface area contributed by atoms with E-state index in [2.05, 4.69) is 23.2 Å². The first-order chi connectivity index (χ1) is 8.78. The Bertz CT molecular complexity index is 365. The lowest BCUT2D eigenvalue weighted by molar-refractivity contribution is 0.176. The fourth-order valence-corrected chi connectivity index (χ4v) is 2.61. The number of benzene rings is 1. The van der Waals surface area contributed by atoms with Crippen LogP contribution in [-0.2, 0) is 6.54 Å². The monoisotopic (exact) mass is 284 g/mol. The number of halogens is 1. The van der Waals surface area contributed by atoms with E-state index in [0.29, 0.717) is 5.75 Å². The third-order valence-corrected chi connectivity index (χ3v) is 3.71. The van der Waals surface area contributed by atoms with Gasteiger partial charge in [-0.15, -0.1) is 12.4 Å². The van der Waals surface area contributed by atoms with E-state index >= 15 is 0 Å². The molecule has 19 heavy (non-hydrogen) atoms. The molecular formula is C15H25ClN2O. The van der Waals surface area contributed by atoms with Crippen LogP contribution in [0.3, 0.4) is 0 Å². The highest BCUT2D eigenvalue weighted by atomic mass is 35.5. The van der Waals surface area contributed by atoms with E-state index in [9.17, 15) is 5.11 Å². The minimum absolute atomic E-state index is 0. The molecule has 1 heterocycles. The lowest BCUT2D eigenvalue weighted by Crippen LogP contribution is -2.36. The van der Waals surface area contributed by atoms with Crippen LogP contribution in [0.2, 0.25) is 0 Å². The Kier molecular flexibility index (Phi) is 7.21. The predicted octanol–water partition coefficient (Wildman–Crippen LogP) is 2.64. The molecule has 3 nitrogen and oxygen atoms in total. The van der Waals surface area contributed by atoms with Gasteiger partial charge in [0.2, 0.25) is 0 Å². The summed E-state index contributed by atoms with van der Waals surface area (Å²) in [5.74, 6) is 1.21. The van der Waals surface area contributed by atoms with Crippen molar-refractivity contribution in [2.75, 3.05) is 26.2 Å². The van der Waals surface area contributed by atoms with Gasteiger partial charge in [-0.2, -0.15) is 0 Å². The molecule has 0 aliphatic carbocycles. The molecule has 0 bridgehead atoms. The summed E-state index contributed by atoms with van der Waals surface area (Å²) in [6, 6.07) is 7.60. The van der Waals surface area contributed by atoms with Crippen molar-refractivity contribution in [3.63, 3.8) is 0 Å². The van der Waals surface area contributed by atoms with Crippen LogP contribution in [-0.4, -0.2) is 36.2 Å². The van der Waals surface area contributed by atoms with Gasteiger partial charge in [-0.05, 0) is 62.6 Å². The highest BCUT2D eigenvalue weighted by Gasteiger charge is 2.18. The molecule has 108 valence electrons. The van der Waals surface area contributed by atoms with Gasteiger partial charge in [0.15, 0.2) is 0 Å². The lowest BCUT2D eigenvalue weighted by atomic mass is 9.96. The minimum Gasteiger partial charge on any atom is -0.508 e. The van der Waals surface area contributed by atoms with E-state index in [1.54, 1.807) is 6.07 Å². The van der Waals surface area contributed by atoms with E-state index in [4.69, 9.17) is 0 Å². The molecule has 0 spiro atoms. The van der Waals surface area contributed by atoms with Crippen molar-refractivity contribution < 1.29 is 5.11 Å². The van der Waals surface area contributed by atoms with Crippen molar-refractivity contribution in [1.29, 1.82) is 0 Å². The van der Waals surface area contributed by atoms with E-state index in [0.717, 1.165) is 25.6 Å². The minimum atomic E-state index is 0. The van der Waals surface area contributed by atoms with Gasteiger partial charge >= 0.3 is 0 Å². The van der Waals surface area contributed by atoms with Gasteiger partial charge in [-0.1, -0.05) is 19.1 Å². The molecule has 4 heteroatoms. The van der Waals surface area contributed by atoms with E-state index < -0.39 is 0 Å². The molecule has 0 aromatic heterocycles. The second-order valence-electron chi connectivity index (χ2n) is 5.20. The fraction of sp³-hybridized carbons (Fsp3) is 0.600. The number of nitrogens with one attached hydrogen (secondary N) is 1. The molecule has 1 aromatic rings. The number of hydrogen-bond donors (Lipinski definition) is 2. The topological polar surface area (TPSA) is 35.5 Å². The summed E-state index contributed by atoms with van der Waals surface area (Å²) in [6.45, 7) is 7.71. The summed E-state index contributed by atoms with van der Waals surface area (Å²) < 4.78 is 0. The molecule has 0 atom stereocenters. The highest BCUT2D eigenvalue weighted by Crippen LogP contribution is 2.19. The Morgan fingerprint density at radius 1 is 1.32 bits per heavy atom. The molecule has 2 N–H and O–H groups in total. The Labute approximate surface area is 122 Å². The second kappa shape index (κ2) is 8.41. The Morgan fingerprint density at radius 3 is 2.68 bits per heavy atom. The second-order valence-corrected chi connectivity index (χ2v) is 5.20. The number of rotatable bonds is 5. The van der Waals surface area contributed by atoms with Crippen LogP contribution >= 0.6 is 12.4 Å². The smallest absolute Gasteiger partial charge is 0.115 e.